The van der Waals surface area contributed by atoms with Crippen LogP contribution in [0.2, 0.25) is 0 Å². The predicted octanol–water partition coefficient (Wildman–Crippen LogP) is 3.38. The zero-order valence-electron chi connectivity index (χ0n) is 24.6. The molecule has 0 radical (unpaired) electrons. The van der Waals surface area contributed by atoms with Crippen LogP contribution < -0.4 is 35.6 Å². The van der Waals surface area contributed by atoms with Crippen LogP contribution in [0.25, 0.3) is 11.1 Å². The number of carbonyl (C=O) groups excluding carboxylic acids is 2. The van der Waals surface area contributed by atoms with Gasteiger partial charge in [0.1, 0.15) is 6.04 Å². The number of aryl methyl sites for hydroxylation is 1. The summed E-state index contributed by atoms with van der Waals surface area (Å²) in [5.74, 6) is 0.553. The number of nitrogens with one attached hydrogen (secondary N) is 3. The number of thioether (sulfide) groups is 1. The first kappa shape index (κ1) is 32.6. The van der Waals surface area contributed by atoms with Gasteiger partial charge in [-0.25, -0.2) is 0 Å². The number of amides is 2. The van der Waals surface area contributed by atoms with E-state index in [-0.39, 0.29) is 35.9 Å². The molecule has 228 valence electrons. The fourth-order valence-electron chi connectivity index (χ4n) is 5.09. The first-order chi connectivity index (χ1) is 20.1. The number of anilines is 1. The van der Waals surface area contributed by atoms with E-state index in [9.17, 15) is 19.2 Å². The van der Waals surface area contributed by atoms with Gasteiger partial charge in [-0.15, -0.1) is 0 Å². The summed E-state index contributed by atoms with van der Waals surface area (Å²) >= 11 is 1.57. The van der Waals surface area contributed by atoms with E-state index < -0.39 is 18.1 Å². The Morgan fingerprint density at radius 2 is 1.83 bits per heavy atom. The molecule has 4 N–H and O–H groups in total. The van der Waals surface area contributed by atoms with Crippen LogP contribution in [0.15, 0.2) is 29.1 Å². The smallest absolute Gasteiger partial charge is 0.303 e. The molecule has 0 spiro atoms. The molecule has 0 saturated carbocycles. The minimum absolute atomic E-state index is 0.0506. The fraction of sp³-hybridized carbons (Fsp3) is 0.467. The van der Waals surface area contributed by atoms with Crippen molar-refractivity contribution in [3.05, 3.63) is 45.6 Å². The number of carbonyl (C=O) groups is 3. The molecule has 2 aromatic rings. The average molecular weight is 602 g/mol. The Balaban J connectivity index is 2.12. The summed E-state index contributed by atoms with van der Waals surface area (Å²) < 4.78 is 17.0. The number of carboxylic acid groups (broad SMARTS) is 1. The maximum Gasteiger partial charge on any atom is 0.303 e. The molecule has 12 heteroatoms. The van der Waals surface area contributed by atoms with Crippen molar-refractivity contribution >= 4 is 35.2 Å². The standard InChI is InChI=1S/C30H39N3O8S/c1-17(34)32-21-10-8-18-15-25(39-2)28(40-3)29(41-4)27(18)19-9-11-22(24(35)16-20(19)21)33-23(12-14-42-5)30(38)31-13-6-7-26(36)37/h9,11,15-16,21,23H,6-8,10,12-14H2,1-5H3,(H,31,38)(H,32,34)(H,33,35)(H,36,37)/t21-,23-/m1/s1. The van der Waals surface area contributed by atoms with Crippen molar-refractivity contribution in [2.75, 3.05) is 45.2 Å². The monoisotopic (exact) mass is 601 g/mol. The van der Waals surface area contributed by atoms with Gasteiger partial charge in [0, 0.05) is 25.5 Å². The Labute approximate surface area is 249 Å². The molecule has 0 fully saturated rings. The van der Waals surface area contributed by atoms with Crippen LogP contribution in [0.5, 0.6) is 17.2 Å². The summed E-state index contributed by atoms with van der Waals surface area (Å²) in [6.45, 7) is 1.65. The highest BCUT2D eigenvalue weighted by molar-refractivity contribution is 7.98. The average Bonchev–Trinajstić information content (AvgIpc) is 3.20. The summed E-state index contributed by atoms with van der Waals surface area (Å²) in [5.41, 5.74) is 2.81. The zero-order valence-corrected chi connectivity index (χ0v) is 25.4. The molecule has 0 bridgehead atoms. The molecular weight excluding hydrogens is 562 g/mol. The summed E-state index contributed by atoms with van der Waals surface area (Å²) in [5, 5.41) is 17.7. The van der Waals surface area contributed by atoms with Gasteiger partial charge in [0.05, 0.1) is 33.1 Å². The lowest BCUT2D eigenvalue weighted by Crippen LogP contribution is -2.41. The third kappa shape index (κ3) is 7.87. The van der Waals surface area contributed by atoms with Crippen LogP contribution in [0.4, 0.5) is 5.69 Å². The molecule has 0 unspecified atom stereocenters. The van der Waals surface area contributed by atoms with E-state index >= 15 is 0 Å². The number of aliphatic carboxylic acids is 1. The van der Waals surface area contributed by atoms with Gasteiger partial charge in [-0.05, 0) is 72.6 Å². The topological polar surface area (TPSA) is 152 Å². The van der Waals surface area contributed by atoms with Gasteiger partial charge in [-0.1, -0.05) is 6.07 Å². The van der Waals surface area contributed by atoms with E-state index in [1.165, 1.54) is 27.2 Å². The molecule has 11 nitrogen and oxygen atoms in total. The Hall–Kier alpha value is -3.93. The fourth-order valence-corrected chi connectivity index (χ4v) is 5.56. The van der Waals surface area contributed by atoms with Gasteiger partial charge in [0.2, 0.25) is 23.0 Å². The van der Waals surface area contributed by atoms with E-state index in [0.717, 1.165) is 11.1 Å². The van der Waals surface area contributed by atoms with Gasteiger partial charge in [-0.3, -0.25) is 19.2 Å². The number of carboxylic acids is 1. The van der Waals surface area contributed by atoms with Crippen molar-refractivity contribution in [2.45, 2.75) is 51.1 Å². The number of fused-ring (bicyclic) bond motifs is 3. The molecule has 2 aromatic carbocycles. The van der Waals surface area contributed by atoms with Gasteiger partial charge >= 0.3 is 5.97 Å². The van der Waals surface area contributed by atoms with Gasteiger partial charge < -0.3 is 35.3 Å². The van der Waals surface area contributed by atoms with Gasteiger partial charge in [-0.2, -0.15) is 11.8 Å². The molecule has 3 rings (SSSR count). The summed E-state index contributed by atoms with van der Waals surface area (Å²) in [4.78, 5) is 49.7. The molecule has 42 heavy (non-hydrogen) atoms. The number of ether oxygens (including phenoxy) is 3. The minimum atomic E-state index is -0.930. The van der Waals surface area contributed by atoms with Crippen LogP contribution in [-0.4, -0.2) is 68.8 Å². The number of hydrogen-bond acceptors (Lipinski definition) is 9. The van der Waals surface area contributed by atoms with Crippen LogP contribution in [0.1, 0.15) is 49.8 Å². The lowest BCUT2D eigenvalue weighted by Gasteiger charge is -2.19. The first-order valence-corrected chi connectivity index (χ1v) is 15.1. The molecule has 0 aromatic heterocycles. The second kappa shape index (κ2) is 15.3. The summed E-state index contributed by atoms with van der Waals surface area (Å²) in [7, 11) is 4.61. The molecule has 0 aliphatic heterocycles. The Kier molecular flexibility index (Phi) is 11.9. The Bertz CT molecular complexity index is 1370. The van der Waals surface area contributed by atoms with Crippen LogP contribution in [0, 0.1) is 0 Å². The van der Waals surface area contributed by atoms with Crippen molar-refractivity contribution in [1.82, 2.24) is 10.6 Å². The zero-order chi connectivity index (χ0) is 30.8. The lowest BCUT2D eigenvalue weighted by atomic mass is 9.95. The maximum atomic E-state index is 13.6. The summed E-state index contributed by atoms with van der Waals surface area (Å²) in [6.07, 6.45) is 3.73. The van der Waals surface area contributed by atoms with Crippen molar-refractivity contribution in [3.8, 4) is 28.4 Å². The minimum Gasteiger partial charge on any atom is -0.493 e. The number of rotatable bonds is 14. The largest absolute Gasteiger partial charge is 0.493 e. The third-order valence-corrected chi connectivity index (χ3v) is 7.68. The molecule has 1 aliphatic carbocycles. The maximum absolute atomic E-state index is 13.6. The highest BCUT2D eigenvalue weighted by Gasteiger charge is 2.30. The lowest BCUT2D eigenvalue weighted by molar-refractivity contribution is -0.137. The Morgan fingerprint density at radius 3 is 2.45 bits per heavy atom. The third-order valence-electron chi connectivity index (χ3n) is 7.04. The van der Waals surface area contributed by atoms with Gasteiger partial charge in [0.25, 0.3) is 0 Å². The highest BCUT2D eigenvalue weighted by atomic mass is 32.2. The summed E-state index contributed by atoms with van der Waals surface area (Å²) in [6, 6.07) is 5.65. The van der Waals surface area contributed by atoms with Gasteiger partial charge in [0.15, 0.2) is 11.5 Å². The van der Waals surface area contributed by atoms with E-state index in [1.807, 2.05) is 12.3 Å². The normalized spacial score (nSPS) is 14.4. The van der Waals surface area contributed by atoms with E-state index in [4.69, 9.17) is 19.3 Å². The second-order valence-corrected chi connectivity index (χ2v) is 10.8. The van der Waals surface area contributed by atoms with Crippen LogP contribution >= 0.6 is 11.8 Å². The molecule has 2 amide bonds. The van der Waals surface area contributed by atoms with Crippen LogP contribution in [-0.2, 0) is 20.8 Å². The highest BCUT2D eigenvalue weighted by Crippen LogP contribution is 2.50. The molecular formula is C30H39N3O8S. The Morgan fingerprint density at radius 1 is 1.10 bits per heavy atom. The number of benzene rings is 1. The van der Waals surface area contributed by atoms with Crippen molar-refractivity contribution in [3.63, 3.8) is 0 Å². The van der Waals surface area contributed by atoms with Crippen LogP contribution in [0.3, 0.4) is 0 Å². The molecule has 0 saturated heterocycles. The molecule has 0 heterocycles. The van der Waals surface area contributed by atoms with E-state index in [1.54, 1.807) is 31.0 Å². The van der Waals surface area contributed by atoms with E-state index in [0.29, 0.717) is 59.8 Å². The SMILES string of the molecule is COc1cc2c(c(OC)c1OC)-c1ccc(N[C@H](CCSC)C(=O)NCCCC(=O)O)c(=O)cc1[C@H](NC(C)=O)CC2. The van der Waals surface area contributed by atoms with Crippen molar-refractivity contribution < 1.29 is 33.7 Å². The predicted molar refractivity (Wildman–Crippen MR) is 163 cm³/mol. The first-order valence-electron chi connectivity index (χ1n) is 13.7. The van der Waals surface area contributed by atoms with Crippen molar-refractivity contribution in [1.29, 1.82) is 0 Å². The molecule has 1 aliphatic rings. The van der Waals surface area contributed by atoms with E-state index in [2.05, 4.69) is 16.0 Å². The molecule has 2 atom stereocenters. The second-order valence-electron chi connectivity index (χ2n) is 9.86. The van der Waals surface area contributed by atoms with Crippen molar-refractivity contribution in [2.24, 2.45) is 0 Å². The number of hydrogen-bond donors (Lipinski definition) is 4. The quantitative estimate of drug-likeness (QED) is 0.237. The number of methoxy groups -OCH3 is 3.